The molecule has 2 rings (SSSR count). The second-order valence-electron chi connectivity index (χ2n) is 5.53. The molecule has 1 fully saturated rings. The number of nitrogens with two attached hydrogens (primary N) is 1. The fourth-order valence-corrected chi connectivity index (χ4v) is 2.47. The third-order valence-corrected chi connectivity index (χ3v) is 3.68. The lowest BCUT2D eigenvalue weighted by Crippen LogP contribution is -2.44. The molecule has 0 amide bonds. The van der Waals surface area contributed by atoms with E-state index >= 15 is 0 Å². The summed E-state index contributed by atoms with van der Waals surface area (Å²) in [7, 11) is 0. The van der Waals surface area contributed by atoms with Crippen molar-refractivity contribution in [2.45, 2.75) is 32.3 Å². The molecule has 1 aromatic carbocycles. The second kappa shape index (κ2) is 4.57. The van der Waals surface area contributed by atoms with Gasteiger partial charge in [0.25, 0.3) is 0 Å². The summed E-state index contributed by atoms with van der Waals surface area (Å²) in [6, 6.07) is 7.98. The van der Waals surface area contributed by atoms with E-state index in [2.05, 4.69) is 17.0 Å². The van der Waals surface area contributed by atoms with Crippen molar-refractivity contribution in [3.63, 3.8) is 0 Å². The van der Waals surface area contributed by atoms with Crippen LogP contribution in [-0.2, 0) is 0 Å². The highest BCUT2D eigenvalue weighted by Gasteiger charge is 2.31. The van der Waals surface area contributed by atoms with E-state index in [0.29, 0.717) is 5.92 Å². The van der Waals surface area contributed by atoms with Gasteiger partial charge in [0.15, 0.2) is 0 Å². The lowest BCUT2D eigenvalue weighted by Gasteiger charge is -2.39. The van der Waals surface area contributed by atoms with Crippen molar-refractivity contribution >= 4 is 11.4 Å². The average Bonchev–Trinajstić information content (AvgIpc) is 2.29. The molecule has 1 saturated heterocycles. The first-order chi connectivity index (χ1) is 7.97. The van der Waals surface area contributed by atoms with Crippen LogP contribution in [0.25, 0.3) is 0 Å². The largest absolute Gasteiger partial charge is 0.399 e. The molecule has 1 aliphatic rings. The zero-order valence-electron chi connectivity index (χ0n) is 10.7. The molecule has 3 nitrogen and oxygen atoms in total. The van der Waals surface area contributed by atoms with Crippen LogP contribution in [0.2, 0.25) is 0 Å². The average molecular weight is 234 g/mol. The number of nitrogens with zero attached hydrogens (tertiary/aromatic N) is 1. The lowest BCUT2D eigenvalue weighted by atomic mass is 9.84. The molecule has 0 aliphatic carbocycles. The number of benzene rings is 1. The molecule has 0 radical (unpaired) electrons. The number of aliphatic hydroxyl groups is 1. The summed E-state index contributed by atoms with van der Waals surface area (Å²) >= 11 is 0. The minimum Gasteiger partial charge on any atom is -0.399 e. The van der Waals surface area contributed by atoms with Gasteiger partial charge < -0.3 is 15.7 Å². The molecule has 1 aliphatic heterocycles. The second-order valence-corrected chi connectivity index (χ2v) is 5.53. The van der Waals surface area contributed by atoms with E-state index in [1.54, 1.807) is 0 Å². The molecule has 0 aromatic heterocycles. The van der Waals surface area contributed by atoms with Gasteiger partial charge in [-0.2, -0.15) is 0 Å². The van der Waals surface area contributed by atoms with Crippen LogP contribution in [0.3, 0.4) is 0 Å². The maximum Gasteiger partial charge on any atom is 0.0636 e. The van der Waals surface area contributed by atoms with Gasteiger partial charge in [0.2, 0.25) is 0 Å². The zero-order chi connectivity index (χ0) is 12.5. The van der Waals surface area contributed by atoms with Crippen molar-refractivity contribution in [2.24, 2.45) is 5.92 Å². The molecule has 1 atom stereocenters. The minimum absolute atomic E-state index is 0.341. The third-order valence-electron chi connectivity index (χ3n) is 3.68. The number of hydrogen-bond acceptors (Lipinski definition) is 3. The summed E-state index contributed by atoms with van der Waals surface area (Å²) in [6.45, 7) is 5.80. The van der Waals surface area contributed by atoms with Gasteiger partial charge in [-0.3, -0.25) is 0 Å². The lowest BCUT2D eigenvalue weighted by molar-refractivity contribution is 0.0110. The van der Waals surface area contributed by atoms with Crippen molar-refractivity contribution in [3.05, 3.63) is 24.3 Å². The topological polar surface area (TPSA) is 49.5 Å². The Morgan fingerprint density at radius 2 is 1.94 bits per heavy atom. The molecule has 1 unspecified atom stereocenters. The molecule has 17 heavy (non-hydrogen) atoms. The highest BCUT2D eigenvalue weighted by atomic mass is 16.3. The molecule has 1 heterocycles. The van der Waals surface area contributed by atoms with Crippen molar-refractivity contribution in [1.29, 1.82) is 0 Å². The smallest absolute Gasteiger partial charge is 0.0636 e. The molecule has 0 bridgehead atoms. The van der Waals surface area contributed by atoms with Gasteiger partial charge in [0, 0.05) is 30.4 Å². The first-order valence-corrected chi connectivity index (χ1v) is 6.29. The van der Waals surface area contributed by atoms with Crippen LogP contribution in [0.4, 0.5) is 11.4 Å². The fraction of sp³-hybridized carbons (Fsp3) is 0.571. The predicted octanol–water partition coefficient (Wildman–Crippen LogP) is 2.26. The SMILES string of the molecule is CC(C)(O)C1CCCN(c2ccc(N)cc2)C1. The monoisotopic (exact) mass is 234 g/mol. The summed E-state index contributed by atoms with van der Waals surface area (Å²) in [5, 5.41) is 10.1. The number of hydrogen-bond donors (Lipinski definition) is 2. The molecule has 3 N–H and O–H groups in total. The molecule has 94 valence electrons. The molecular formula is C14H22N2O. The van der Waals surface area contributed by atoms with Gasteiger partial charge in [0.1, 0.15) is 0 Å². The Labute approximate surface area is 103 Å². The van der Waals surface area contributed by atoms with E-state index in [4.69, 9.17) is 5.73 Å². The highest BCUT2D eigenvalue weighted by molar-refractivity contribution is 5.53. The van der Waals surface area contributed by atoms with Crippen molar-refractivity contribution in [2.75, 3.05) is 23.7 Å². The van der Waals surface area contributed by atoms with Crippen LogP contribution in [-0.4, -0.2) is 23.8 Å². The number of rotatable bonds is 2. The quantitative estimate of drug-likeness (QED) is 0.772. The summed E-state index contributed by atoms with van der Waals surface area (Å²) in [5.41, 5.74) is 7.10. The van der Waals surface area contributed by atoms with Crippen LogP contribution in [0.15, 0.2) is 24.3 Å². The summed E-state index contributed by atoms with van der Waals surface area (Å²) in [5.74, 6) is 0.341. The number of anilines is 2. The van der Waals surface area contributed by atoms with E-state index in [1.165, 1.54) is 5.69 Å². The normalized spacial score (nSPS) is 21.6. The first-order valence-electron chi connectivity index (χ1n) is 6.29. The molecule has 3 heteroatoms. The van der Waals surface area contributed by atoms with Crippen LogP contribution >= 0.6 is 0 Å². The number of nitrogen functional groups attached to an aromatic ring is 1. The van der Waals surface area contributed by atoms with Crippen LogP contribution in [0.1, 0.15) is 26.7 Å². The zero-order valence-corrected chi connectivity index (χ0v) is 10.7. The molecule has 0 spiro atoms. The Hall–Kier alpha value is -1.22. The van der Waals surface area contributed by atoms with Crippen molar-refractivity contribution in [3.8, 4) is 0 Å². The Bertz CT molecular complexity index is 367. The molecule has 1 aromatic rings. The van der Waals surface area contributed by atoms with Gasteiger partial charge in [-0.25, -0.2) is 0 Å². The van der Waals surface area contributed by atoms with Gasteiger partial charge >= 0.3 is 0 Å². The summed E-state index contributed by atoms with van der Waals surface area (Å²) < 4.78 is 0. The Kier molecular flexibility index (Phi) is 3.29. The van der Waals surface area contributed by atoms with E-state index in [0.717, 1.165) is 31.6 Å². The van der Waals surface area contributed by atoms with Gasteiger partial charge in [0.05, 0.1) is 5.60 Å². The fourth-order valence-electron chi connectivity index (χ4n) is 2.47. The Morgan fingerprint density at radius 3 is 2.53 bits per heavy atom. The standard InChI is InChI=1S/C14H22N2O/c1-14(2,17)11-4-3-9-16(10-11)13-7-5-12(15)6-8-13/h5-8,11,17H,3-4,9-10,15H2,1-2H3. The number of piperidine rings is 1. The Balaban J connectivity index is 2.09. The van der Waals surface area contributed by atoms with E-state index < -0.39 is 5.60 Å². The highest BCUT2D eigenvalue weighted by Crippen LogP contribution is 2.29. The maximum atomic E-state index is 10.1. The van der Waals surface area contributed by atoms with E-state index in [1.807, 2.05) is 26.0 Å². The summed E-state index contributed by atoms with van der Waals surface area (Å²) in [6.07, 6.45) is 2.24. The van der Waals surface area contributed by atoms with Crippen molar-refractivity contribution in [1.82, 2.24) is 0 Å². The predicted molar refractivity (Wildman–Crippen MR) is 72.1 cm³/mol. The van der Waals surface area contributed by atoms with E-state index in [9.17, 15) is 5.11 Å². The van der Waals surface area contributed by atoms with Gasteiger partial charge in [-0.15, -0.1) is 0 Å². The van der Waals surface area contributed by atoms with Crippen LogP contribution in [0, 0.1) is 5.92 Å². The van der Waals surface area contributed by atoms with Crippen LogP contribution in [0.5, 0.6) is 0 Å². The minimum atomic E-state index is -0.591. The van der Waals surface area contributed by atoms with Crippen molar-refractivity contribution < 1.29 is 5.11 Å². The van der Waals surface area contributed by atoms with Crippen LogP contribution < -0.4 is 10.6 Å². The van der Waals surface area contributed by atoms with E-state index in [-0.39, 0.29) is 0 Å². The summed E-state index contributed by atoms with van der Waals surface area (Å²) in [4.78, 5) is 2.34. The maximum absolute atomic E-state index is 10.1. The molecular weight excluding hydrogens is 212 g/mol. The Morgan fingerprint density at radius 1 is 1.29 bits per heavy atom. The third kappa shape index (κ3) is 2.91. The van der Waals surface area contributed by atoms with Gasteiger partial charge in [-0.1, -0.05) is 0 Å². The van der Waals surface area contributed by atoms with Gasteiger partial charge in [-0.05, 0) is 51.0 Å². The first kappa shape index (κ1) is 12.2. The molecule has 0 saturated carbocycles.